The molecule has 114 valence electrons. The van der Waals surface area contributed by atoms with E-state index in [9.17, 15) is 14.4 Å². The van der Waals surface area contributed by atoms with Gasteiger partial charge >= 0.3 is 12.0 Å². The van der Waals surface area contributed by atoms with Crippen molar-refractivity contribution in [3.05, 3.63) is 28.2 Å². The number of carboxylic acid groups (broad SMARTS) is 1. The number of hydrogen-bond acceptors (Lipinski definition) is 3. The van der Waals surface area contributed by atoms with E-state index >= 15 is 0 Å². The van der Waals surface area contributed by atoms with Gasteiger partial charge in [-0.05, 0) is 32.0 Å². The zero-order valence-corrected chi connectivity index (χ0v) is 13.2. The summed E-state index contributed by atoms with van der Waals surface area (Å²) < 4.78 is 0.625. The molecule has 0 unspecified atom stereocenters. The molecule has 0 saturated carbocycles. The second kappa shape index (κ2) is 6.57. The fourth-order valence-corrected chi connectivity index (χ4v) is 1.72. The van der Waals surface area contributed by atoms with Crippen molar-refractivity contribution in [1.82, 2.24) is 5.32 Å². The van der Waals surface area contributed by atoms with Crippen LogP contribution in [0, 0.1) is 5.41 Å². The molecule has 0 heterocycles. The van der Waals surface area contributed by atoms with Crippen molar-refractivity contribution in [3.63, 3.8) is 0 Å². The van der Waals surface area contributed by atoms with E-state index in [1.165, 1.54) is 12.1 Å². The first-order valence-electron chi connectivity index (χ1n) is 6.01. The second-order valence-corrected chi connectivity index (χ2v) is 5.97. The molecule has 0 spiro atoms. The zero-order chi connectivity index (χ0) is 16.2. The Kier molecular flexibility index (Phi) is 5.31. The number of nitrogens with one attached hydrogen (secondary N) is 2. The molecule has 1 rings (SSSR count). The van der Waals surface area contributed by atoms with Gasteiger partial charge < -0.3 is 21.5 Å². The number of amides is 3. The van der Waals surface area contributed by atoms with Crippen LogP contribution < -0.4 is 16.4 Å². The Morgan fingerprint density at radius 1 is 1.33 bits per heavy atom. The number of nitrogens with two attached hydrogens (primary N) is 1. The van der Waals surface area contributed by atoms with E-state index in [2.05, 4.69) is 26.6 Å². The predicted octanol–water partition coefficient (Wildman–Crippen LogP) is 1.78. The van der Waals surface area contributed by atoms with Crippen LogP contribution in [0.15, 0.2) is 22.7 Å². The Morgan fingerprint density at radius 2 is 1.95 bits per heavy atom. The van der Waals surface area contributed by atoms with Gasteiger partial charge in [-0.3, -0.25) is 4.79 Å². The Hall–Kier alpha value is -2.09. The van der Waals surface area contributed by atoms with E-state index in [1.807, 2.05) is 0 Å². The summed E-state index contributed by atoms with van der Waals surface area (Å²) >= 11 is 3.20. The summed E-state index contributed by atoms with van der Waals surface area (Å²) in [5, 5.41) is 14.0. The number of aromatic carboxylic acids is 1. The first-order chi connectivity index (χ1) is 9.63. The third kappa shape index (κ3) is 4.75. The molecule has 0 fully saturated rings. The van der Waals surface area contributed by atoms with Crippen LogP contribution in [-0.2, 0) is 4.79 Å². The lowest BCUT2D eigenvalue weighted by Crippen LogP contribution is -2.43. The predicted molar refractivity (Wildman–Crippen MR) is 81.1 cm³/mol. The highest BCUT2D eigenvalue weighted by Crippen LogP contribution is 2.21. The number of benzene rings is 1. The summed E-state index contributed by atoms with van der Waals surface area (Å²) in [5.74, 6) is -1.70. The smallest absolute Gasteiger partial charge is 0.337 e. The topological polar surface area (TPSA) is 122 Å². The summed E-state index contributed by atoms with van der Waals surface area (Å²) in [7, 11) is 0. The third-order valence-corrected chi connectivity index (χ3v) is 3.31. The number of anilines is 1. The maximum Gasteiger partial charge on any atom is 0.337 e. The number of urea groups is 1. The normalized spacial score (nSPS) is 10.8. The molecule has 0 aliphatic rings. The van der Waals surface area contributed by atoms with Crippen LogP contribution in [0.2, 0.25) is 0 Å². The molecule has 0 aromatic heterocycles. The average Bonchev–Trinajstić information content (AvgIpc) is 2.36. The van der Waals surface area contributed by atoms with Gasteiger partial charge in [0.2, 0.25) is 5.91 Å². The number of carbonyl (C=O) groups excluding carboxylic acids is 2. The van der Waals surface area contributed by atoms with Gasteiger partial charge in [0.15, 0.2) is 0 Å². The third-order valence-electron chi connectivity index (χ3n) is 2.82. The summed E-state index contributed by atoms with van der Waals surface area (Å²) in [6, 6.07) is 3.78. The van der Waals surface area contributed by atoms with Crippen molar-refractivity contribution in [2.75, 3.05) is 11.9 Å². The van der Waals surface area contributed by atoms with Crippen molar-refractivity contribution < 1.29 is 19.5 Å². The van der Waals surface area contributed by atoms with Crippen molar-refractivity contribution in [3.8, 4) is 0 Å². The van der Waals surface area contributed by atoms with Gasteiger partial charge in [-0.15, -0.1) is 0 Å². The molecule has 8 heteroatoms. The van der Waals surface area contributed by atoms with Gasteiger partial charge in [-0.1, -0.05) is 15.9 Å². The van der Waals surface area contributed by atoms with Crippen LogP contribution in [0.3, 0.4) is 0 Å². The quantitative estimate of drug-likeness (QED) is 0.641. The van der Waals surface area contributed by atoms with Crippen LogP contribution >= 0.6 is 15.9 Å². The Labute approximate surface area is 130 Å². The summed E-state index contributed by atoms with van der Waals surface area (Å²) in [4.78, 5) is 34.0. The van der Waals surface area contributed by atoms with Gasteiger partial charge in [-0.25, -0.2) is 9.59 Å². The van der Waals surface area contributed by atoms with Gasteiger partial charge in [0, 0.05) is 11.0 Å². The average molecular weight is 358 g/mol. The lowest BCUT2D eigenvalue weighted by Gasteiger charge is -2.21. The molecule has 0 bridgehead atoms. The largest absolute Gasteiger partial charge is 0.478 e. The lowest BCUT2D eigenvalue weighted by atomic mass is 9.93. The fourth-order valence-electron chi connectivity index (χ4n) is 1.36. The molecule has 0 atom stereocenters. The minimum absolute atomic E-state index is 0.0323. The van der Waals surface area contributed by atoms with Gasteiger partial charge in [0.25, 0.3) is 0 Å². The number of primary amides is 1. The Morgan fingerprint density at radius 3 is 2.48 bits per heavy atom. The minimum Gasteiger partial charge on any atom is -0.478 e. The van der Waals surface area contributed by atoms with Crippen LogP contribution in [0.5, 0.6) is 0 Å². The number of halogens is 1. The Bertz CT molecular complexity index is 587. The monoisotopic (exact) mass is 357 g/mol. The molecule has 21 heavy (non-hydrogen) atoms. The van der Waals surface area contributed by atoms with Gasteiger partial charge in [-0.2, -0.15) is 0 Å². The van der Waals surface area contributed by atoms with Crippen molar-refractivity contribution in [1.29, 1.82) is 0 Å². The molecule has 3 amide bonds. The molecule has 0 saturated heterocycles. The molecule has 5 N–H and O–H groups in total. The van der Waals surface area contributed by atoms with Crippen LogP contribution in [0.25, 0.3) is 0 Å². The molecular formula is C13H16BrN3O4. The van der Waals surface area contributed by atoms with E-state index in [-0.39, 0.29) is 17.8 Å². The van der Waals surface area contributed by atoms with Crippen molar-refractivity contribution >= 4 is 39.5 Å². The van der Waals surface area contributed by atoms with Crippen LogP contribution in [0.4, 0.5) is 10.5 Å². The number of carbonyl (C=O) groups is 3. The maximum atomic E-state index is 11.8. The van der Waals surface area contributed by atoms with E-state index in [0.29, 0.717) is 4.47 Å². The lowest BCUT2D eigenvalue weighted by molar-refractivity contribution is -0.125. The standard InChI is InChI=1S/C13H16BrN3O4/c1-13(2,11(15)20)6-16-12(21)17-9-5-7(14)3-4-8(9)10(18)19/h3-5H,6H2,1-2H3,(H2,15,20)(H,18,19)(H2,16,17,21). The van der Waals surface area contributed by atoms with Crippen LogP contribution in [0.1, 0.15) is 24.2 Å². The molecule has 0 aliphatic heterocycles. The van der Waals surface area contributed by atoms with E-state index in [0.717, 1.165) is 0 Å². The second-order valence-electron chi connectivity index (χ2n) is 5.05. The van der Waals surface area contributed by atoms with Gasteiger partial charge in [0.05, 0.1) is 16.7 Å². The van der Waals surface area contributed by atoms with Gasteiger partial charge in [0.1, 0.15) is 0 Å². The number of carboxylic acids is 1. The molecule has 7 nitrogen and oxygen atoms in total. The van der Waals surface area contributed by atoms with E-state index < -0.39 is 23.3 Å². The van der Waals surface area contributed by atoms with E-state index in [1.54, 1.807) is 19.9 Å². The number of rotatable bonds is 5. The van der Waals surface area contributed by atoms with Crippen LogP contribution in [-0.4, -0.2) is 29.6 Å². The Balaban J connectivity index is 2.78. The zero-order valence-electron chi connectivity index (χ0n) is 11.6. The highest BCUT2D eigenvalue weighted by atomic mass is 79.9. The van der Waals surface area contributed by atoms with Crippen molar-refractivity contribution in [2.24, 2.45) is 11.1 Å². The summed E-state index contributed by atoms with van der Waals surface area (Å²) in [5.41, 5.74) is 4.40. The molecular weight excluding hydrogens is 342 g/mol. The van der Waals surface area contributed by atoms with E-state index in [4.69, 9.17) is 10.8 Å². The molecule has 0 aliphatic carbocycles. The SMILES string of the molecule is CC(C)(CNC(=O)Nc1cc(Br)ccc1C(=O)O)C(N)=O. The highest BCUT2D eigenvalue weighted by Gasteiger charge is 2.25. The maximum absolute atomic E-state index is 11.8. The minimum atomic E-state index is -1.16. The summed E-state index contributed by atoms with van der Waals surface area (Å²) in [6.07, 6.45) is 0. The molecule has 0 radical (unpaired) electrons. The molecule has 1 aromatic carbocycles. The summed E-state index contributed by atoms with van der Waals surface area (Å²) in [6.45, 7) is 3.22. The molecule has 1 aromatic rings. The fraction of sp³-hybridized carbons (Fsp3) is 0.308. The van der Waals surface area contributed by atoms with Crippen molar-refractivity contribution in [2.45, 2.75) is 13.8 Å². The highest BCUT2D eigenvalue weighted by molar-refractivity contribution is 9.10. The number of hydrogen-bond donors (Lipinski definition) is 4. The first-order valence-corrected chi connectivity index (χ1v) is 6.80. The first kappa shape index (κ1) is 17.0.